The third-order valence-electron chi connectivity index (χ3n) is 2.96. The van der Waals surface area contributed by atoms with Gasteiger partial charge in [0, 0.05) is 11.1 Å². The summed E-state index contributed by atoms with van der Waals surface area (Å²) in [6.07, 6.45) is 0. The Balaban J connectivity index is 1.77. The molecule has 0 aliphatic heterocycles. The monoisotopic (exact) mass is 411 g/mol. The molecule has 0 aliphatic rings. The van der Waals surface area contributed by atoms with Crippen LogP contribution in [0.25, 0.3) is 11.5 Å². The molecule has 0 aliphatic carbocycles. The van der Waals surface area contributed by atoms with Crippen molar-refractivity contribution in [1.29, 1.82) is 0 Å². The number of benzene rings is 2. The topological polar surface area (TPSA) is 74.2 Å². The van der Waals surface area contributed by atoms with E-state index in [1.165, 1.54) is 6.07 Å². The average molecular weight is 411 g/mol. The highest BCUT2D eigenvalue weighted by Gasteiger charge is 2.10. The van der Waals surface area contributed by atoms with Gasteiger partial charge in [-0.25, -0.2) is 4.39 Å². The first-order chi connectivity index (χ1) is 10.6. The molecule has 3 rings (SSSR count). The van der Waals surface area contributed by atoms with Gasteiger partial charge in [-0.1, -0.05) is 23.3 Å². The Hall–Kier alpha value is -2.16. The molecular weight excluding hydrogens is 400 g/mol. The summed E-state index contributed by atoms with van der Waals surface area (Å²) in [5, 5.41) is 7.44. The number of nitrogens with two attached hydrogens (primary N) is 1. The van der Waals surface area contributed by atoms with Gasteiger partial charge >= 0.3 is 6.01 Å². The summed E-state index contributed by atoms with van der Waals surface area (Å²) in [5.74, 6) is 0.714. The third kappa shape index (κ3) is 3.19. The molecule has 0 radical (unpaired) electrons. The standard InChI is InChI=1S/C15H11FIN3O2/c16-11-4-2-1-3-10(11)8-21-13-6-5-9(7-12(13)17)14-19-20-15(18)22-14/h1-7H,8H2,(H2,18,20). The van der Waals surface area contributed by atoms with Crippen molar-refractivity contribution in [3.05, 3.63) is 57.4 Å². The van der Waals surface area contributed by atoms with E-state index in [9.17, 15) is 4.39 Å². The van der Waals surface area contributed by atoms with Crippen molar-refractivity contribution in [3.8, 4) is 17.2 Å². The molecular formula is C15H11FIN3O2. The molecule has 1 heterocycles. The highest BCUT2D eigenvalue weighted by atomic mass is 127. The number of hydrogen-bond donors (Lipinski definition) is 1. The van der Waals surface area contributed by atoms with Gasteiger partial charge in [-0.3, -0.25) is 0 Å². The maximum atomic E-state index is 13.6. The van der Waals surface area contributed by atoms with Crippen molar-refractivity contribution in [2.45, 2.75) is 6.61 Å². The number of anilines is 1. The average Bonchev–Trinajstić information content (AvgIpc) is 2.94. The van der Waals surface area contributed by atoms with E-state index >= 15 is 0 Å². The zero-order valence-electron chi connectivity index (χ0n) is 11.3. The first-order valence-corrected chi connectivity index (χ1v) is 7.46. The zero-order valence-corrected chi connectivity index (χ0v) is 13.5. The van der Waals surface area contributed by atoms with Crippen molar-refractivity contribution in [2.24, 2.45) is 0 Å². The SMILES string of the molecule is Nc1nnc(-c2ccc(OCc3ccccc3F)c(I)c2)o1. The first kappa shape index (κ1) is 14.8. The lowest BCUT2D eigenvalue weighted by molar-refractivity contribution is 0.298. The van der Waals surface area contributed by atoms with E-state index in [-0.39, 0.29) is 18.4 Å². The van der Waals surface area contributed by atoms with Crippen molar-refractivity contribution in [3.63, 3.8) is 0 Å². The molecule has 7 heteroatoms. The molecule has 0 fully saturated rings. The maximum Gasteiger partial charge on any atom is 0.313 e. The number of aromatic nitrogens is 2. The van der Waals surface area contributed by atoms with Gasteiger partial charge in [0.2, 0.25) is 5.89 Å². The number of ether oxygens (including phenoxy) is 1. The van der Waals surface area contributed by atoms with E-state index < -0.39 is 0 Å². The minimum atomic E-state index is -0.282. The summed E-state index contributed by atoms with van der Waals surface area (Å²) >= 11 is 2.13. The second-order valence-electron chi connectivity index (χ2n) is 4.47. The molecule has 22 heavy (non-hydrogen) atoms. The second kappa shape index (κ2) is 6.30. The smallest absolute Gasteiger partial charge is 0.313 e. The van der Waals surface area contributed by atoms with Crippen molar-refractivity contribution >= 4 is 28.6 Å². The van der Waals surface area contributed by atoms with E-state index in [0.29, 0.717) is 17.2 Å². The normalized spacial score (nSPS) is 10.6. The molecule has 0 atom stereocenters. The number of nitrogens with zero attached hydrogens (tertiary/aromatic N) is 2. The number of rotatable bonds is 4. The lowest BCUT2D eigenvalue weighted by Crippen LogP contribution is -1.99. The molecule has 0 saturated heterocycles. The minimum absolute atomic E-state index is 0.0184. The molecule has 0 unspecified atom stereocenters. The number of nitrogen functional groups attached to an aromatic ring is 1. The van der Waals surface area contributed by atoms with Crippen molar-refractivity contribution < 1.29 is 13.5 Å². The lowest BCUT2D eigenvalue weighted by Gasteiger charge is -2.09. The third-order valence-corrected chi connectivity index (χ3v) is 3.80. The van der Waals surface area contributed by atoms with Crippen LogP contribution in [0.4, 0.5) is 10.4 Å². The van der Waals surface area contributed by atoms with Gasteiger partial charge in [0.1, 0.15) is 18.2 Å². The van der Waals surface area contributed by atoms with E-state index in [2.05, 4.69) is 32.8 Å². The van der Waals surface area contributed by atoms with Crippen LogP contribution in [0.3, 0.4) is 0 Å². The van der Waals surface area contributed by atoms with Crippen molar-refractivity contribution in [2.75, 3.05) is 5.73 Å². The van der Waals surface area contributed by atoms with E-state index in [1.54, 1.807) is 30.3 Å². The van der Waals surface area contributed by atoms with E-state index in [4.69, 9.17) is 14.9 Å². The van der Waals surface area contributed by atoms with Gasteiger partial charge < -0.3 is 14.9 Å². The van der Waals surface area contributed by atoms with Crippen LogP contribution in [0, 0.1) is 9.39 Å². The fraction of sp³-hybridized carbons (Fsp3) is 0.0667. The quantitative estimate of drug-likeness (QED) is 0.664. The summed E-state index contributed by atoms with van der Waals surface area (Å²) in [6, 6.07) is 11.9. The first-order valence-electron chi connectivity index (χ1n) is 6.38. The molecule has 5 nitrogen and oxygen atoms in total. The van der Waals surface area contributed by atoms with Crippen LogP contribution in [0.5, 0.6) is 5.75 Å². The molecule has 0 amide bonds. The van der Waals surface area contributed by atoms with Gasteiger partial charge in [0.05, 0.1) is 3.57 Å². The van der Waals surface area contributed by atoms with E-state index in [1.807, 2.05) is 6.07 Å². The van der Waals surface area contributed by atoms with Crippen LogP contribution in [0.1, 0.15) is 5.56 Å². The Kier molecular flexibility index (Phi) is 4.23. The number of hydrogen-bond acceptors (Lipinski definition) is 5. The van der Waals surface area contributed by atoms with Gasteiger partial charge in [0.15, 0.2) is 0 Å². The maximum absolute atomic E-state index is 13.6. The molecule has 3 aromatic rings. The zero-order chi connectivity index (χ0) is 15.5. The fourth-order valence-corrected chi connectivity index (χ4v) is 2.54. The predicted octanol–water partition coefficient (Wildman–Crippen LogP) is 3.64. The summed E-state index contributed by atoms with van der Waals surface area (Å²) in [4.78, 5) is 0. The summed E-state index contributed by atoms with van der Waals surface area (Å²) in [7, 11) is 0. The minimum Gasteiger partial charge on any atom is -0.488 e. The molecule has 1 aromatic heterocycles. The van der Waals surface area contributed by atoms with Crippen LogP contribution >= 0.6 is 22.6 Å². The summed E-state index contributed by atoms with van der Waals surface area (Å²) in [5.41, 5.74) is 6.66. The second-order valence-corrected chi connectivity index (χ2v) is 5.63. The predicted molar refractivity (Wildman–Crippen MR) is 87.6 cm³/mol. The molecule has 0 bridgehead atoms. The van der Waals surface area contributed by atoms with Gasteiger partial charge in [0.25, 0.3) is 0 Å². The summed E-state index contributed by atoms with van der Waals surface area (Å²) in [6.45, 7) is 0.162. The highest BCUT2D eigenvalue weighted by molar-refractivity contribution is 14.1. The molecule has 2 N–H and O–H groups in total. The number of halogens is 2. The molecule has 112 valence electrons. The van der Waals surface area contributed by atoms with Crippen LogP contribution in [-0.2, 0) is 6.61 Å². The summed E-state index contributed by atoms with van der Waals surface area (Å²) < 4.78 is 25.2. The Morgan fingerprint density at radius 3 is 2.68 bits per heavy atom. The van der Waals surface area contributed by atoms with E-state index in [0.717, 1.165) is 9.13 Å². The molecule has 0 spiro atoms. The van der Waals surface area contributed by atoms with Crippen molar-refractivity contribution in [1.82, 2.24) is 10.2 Å². The van der Waals surface area contributed by atoms with Gasteiger partial charge in [-0.15, -0.1) is 5.10 Å². The Morgan fingerprint density at radius 1 is 1.18 bits per heavy atom. The van der Waals surface area contributed by atoms with Gasteiger partial charge in [-0.05, 0) is 46.9 Å². The Morgan fingerprint density at radius 2 is 2.00 bits per heavy atom. The molecule has 0 saturated carbocycles. The Bertz CT molecular complexity index is 807. The van der Waals surface area contributed by atoms with Crippen LogP contribution in [0.15, 0.2) is 46.9 Å². The lowest BCUT2D eigenvalue weighted by atomic mass is 10.2. The Labute approximate surface area is 139 Å². The van der Waals surface area contributed by atoms with Gasteiger partial charge in [-0.2, -0.15) is 0 Å². The van der Waals surface area contributed by atoms with Crippen LogP contribution in [-0.4, -0.2) is 10.2 Å². The van der Waals surface area contributed by atoms with Crippen LogP contribution in [0.2, 0.25) is 0 Å². The fourth-order valence-electron chi connectivity index (χ4n) is 1.87. The van der Waals surface area contributed by atoms with Crippen LogP contribution < -0.4 is 10.5 Å². The highest BCUT2D eigenvalue weighted by Crippen LogP contribution is 2.28. The largest absolute Gasteiger partial charge is 0.488 e. The molecule has 2 aromatic carbocycles.